The largest absolute Gasteiger partial charge is 0.508 e. The fourth-order valence-electron chi connectivity index (χ4n) is 1.57. The van der Waals surface area contributed by atoms with Gasteiger partial charge in [-0.3, -0.25) is 20.4 Å². The van der Waals surface area contributed by atoms with E-state index in [0.717, 1.165) is 0 Å². The number of carbonyl (C=O) groups is 2. The number of nitrogens with one attached hydrogen (secondary N) is 2. The summed E-state index contributed by atoms with van der Waals surface area (Å²) in [7, 11) is 0. The normalized spacial score (nSPS) is 10.0. The van der Waals surface area contributed by atoms with Gasteiger partial charge in [0.25, 0.3) is 11.8 Å². The van der Waals surface area contributed by atoms with E-state index in [2.05, 4.69) is 10.9 Å². The molecule has 0 unspecified atom stereocenters. The van der Waals surface area contributed by atoms with Crippen LogP contribution in [0.25, 0.3) is 0 Å². The van der Waals surface area contributed by atoms with Gasteiger partial charge >= 0.3 is 0 Å². The minimum atomic E-state index is -0.579. The number of carbonyl (C=O) groups excluding carboxylic acids is 2. The molecule has 0 spiro atoms. The minimum Gasteiger partial charge on any atom is -0.508 e. The molecule has 21 heavy (non-hydrogen) atoms. The molecule has 0 saturated heterocycles. The summed E-state index contributed by atoms with van der Waals surface area (Å²) in [4.78, 5) is 23.7. The molecule has 2 aromatic carbocycles. The molecule has 3 N–H and O–H groups in total. The second kappa shape index (κ2) is 6.47. The Morgan fingerprint density at radius 1 is 0.952 bits per heavy atom. The molecule has 5 nitrogen and oxygen atoms in total. The molecule has 0 aromatic heterocycles. The molecule has 0 bridgehead atoms. The first-order valence-corrected chi connectivity index (χ1v) is 6.58. The Kier molecular flexibility index (Phi) is 4.67. The third-order valence-electron chi connectivity index (χ3n) is 2.57. The lowest BCUT2D eigenvalue weighted by Gasteiger charge is -2.09. The lowest BCUT2D eigenvalue weighted by atomic mass is 10.2. The van der Waals surface area contributed by atoms with E-state index in [1.54, 1.807) is 0 Å². The van der Waals surface area contributed by atoms with E-state index in [-0.39, 0.29) is 21.9 Å². The molecule has 0 aliphatic heterocycles. The van der Waals surface area contributed by atoms with E-state index >= 15 is 0 Å². The van der Waals surface area contributed by atoms with Crippen molar-refractivity contribution in [3.8, 4) is 5.75 Å². The lowest BCUT2D eigenvalue weighted by Crippen LogP contribution is -2.41. The second-order valence-electron chi connectivity index (χ2n) is 4.08. The zero-order valence-corrected chi connectivity index (χ0v) is 12.1. The molecule has 0 radical (unpaired) electrons. The molecular formula is C14H10Cl2N2O3. The Morgan fingerprint density at radius 2 is 1.67 bits per heavy atom. The van der Waals surface area contributed by atoms with Gasteiger partial charge in [-0.15, -0.1) is 0 Å². The maximum Gasteiger partial charge on any atom is 0.271 e. The third-order valence-corrected chi connectivity index (χ3v) is 3.12. The first-order valence-electron chi connectivity index (χ1n) is 5.82. The fourth-order valence-corrected chi connectivity index (χ4v) is 2.07. The summed E-state index contributed by atoms with van der Waals surface area (Å²) in [6, 6.07) is 10.1. The molecule has 0 atom stereocenters. The van der Waals surface area contributed by atoms with Gasteiger partial charge in [0.05, 0.1) is 10.6 Å². The topological polar surface area (TPSA) is 78.4 Å². The van der Waals surface area contributed by atoms with Crippen molar-refractivity contribution in [2.75, 3.05) is 0 Å². The van der Waals surface area contributed by atoms with Gasteiger partial charge in [0.2, 0.25) is 0 Å². The Bertz CT molecular complexity index is 704. The molecule has 7 heteroatoms. The number of benzene rings is 2. The summed E-state index contributed by atoms with van der Waals surface area (Å²) < 4.78 is 0. The van der Waals surface area contributed by atoms with E-state index in [1.807, 2.05) is 0 Å². The van der Waals surface area contributed by atoms with Crippen molar-refractivity contribution in [3.05, 3.63) is 63.6 Å². The highest BCUT2D eigenvalue weighted by Gasteiger charge is 2.12. The molecule has 2 amide bonds. The molecule has 0 fully saturated rings. The number of rotatable bonds is 2. The highest BCUT2D eigenvalue weighted by atomic mass is 35.5. The number of hydrogen-bond acceptors (Lipinski definition) is 3. The molecular weight excluding hydrogens is 315 g/mol. The predicted octanol–water partition coefficient (Wildman–Crippen LogP) is 2.77. The molecule has 0 aliphatic carbocycles. The van der Waals surface area contributed by atoms with Crippen molar-refractivity contribution < 1.29 is 14.7 Å². The van der Waals surface area contributed by atoms with Gasteiger partial charge in [-0.1, -0.05) is 29.3 Å². The van der Waals surface area contributed by atoms with Gasteiger partial charge in [0.1, 0.15) is 5.75 Å². The number of hydrogen-bond donors (Lipinski definition) is 3. The van der Waals surface area contributed by atoms with E-state index in [0.29, 0.717) is 5.02 Å². The van der Waals surface area contributed by atoms with Crippen LogP contribution in [0.5, 0.6) is 5.75 Å². The quantitative estimate of drug-likeness (QED) is 0.743. The van der Waals surface area contributed by atoms with Crippen LogP contribution in [0.2, 0.25) is 10.0 Å². The zero-order valence-electron chi connectivity index (χ0n) is 10.6. The van der Waals surface area contributed by atoms with Crippen molar-refractivity contribution >= 4 is 35.0 Å². The summed E-state index contributed by atoms with van der Waals surface area (Å²) in [6.07, 6.45) is 0. The predicted molar refractivity (Wildman–Crippen MR) is 79.5 cm³/mol. The molecule has 0 saturated carbocycles. The average molecular weight is 325 g/mol. The number of amides is 2. The van der Waals surface area contributed by atoms with Crippen LogP contribution < -0.4 is 10.9 Å². The highest BCUT2D eigenvalue weighted by molar-refractivity contribution is 6.36. The van der Waals surface area contributed by atoms with Crippen molar-refractivity contribution in [3.63, 3.8) is 0 Å². The number of aromatic hydroxyl groups is 1. The minimum absolute atomic E-state index is 0.0466. The summed E-state index contributed by atoms with van der Waals surface area (Å²) in [6.45, 7) is 0. The van der Waals surface area contributed by atoms with Gasteiger partial charge in [-0.05, 0) is 36.4 Å². The van der Waals surface area contributed by atoms with Crippen molar-refractivity contribution in [2.24, 2.45) is 0 Å². The van der Waals surface area contributed by atoms with Gasteiger partial charge < -0.3 is 5.11 Å². The van der Waals surface area contributed by atoms with E-state index in [4.69, 9.17) is 23.2 Å². The number of phenols is 1. The van der Waals surface area contributed by atoms with E-state index in [9.17, 15) is 14.7 Å². The first-order chi connectivity index (χ1) is 9.97. The molecule has 0 aliphatic rings. The molecule has 2 rings (SSSR count). The molecule has 2 aromatic rings. The number of halogens is 2. The van der Waals surface area contributed by atoms with Crippen LogP contribution in [0, 0.1) is 0 Å². The molecule has 108 valence electrons. The number of hydrazine groups is 1. The Balaban J connectivity index is 2.02. The highest BCUT2D eigenvalue weighted by Crippen LogP contribution is 2.20. The first kappa shape index (κ1) is 15.2. The van der Waals surface area contributed by atoms with Crippen molar-refractivity contribution in [2.45, 2.75) is 0 Å². The van der Waals surface area contributed by atoms with Crippen LogP contribution in [0.1, 0.15) is 20.7 Å². The van der Waals surface area contributed by atoms with Crippen LogP contribution >= 0.6 is 23.2 Å². The van der Waals surface area contributed by atoms with Gasteiger partial charge in [-0.25, -0.2) is 0 Å². The maximum absolute atomic E-state index is 11.9. The van der Waals surface area contributed by atoms with Crippen LogP contribution in [0.3, 0.4) is 0 Å². The number of phenolic OH excluding ortho intramolecular Hbond substituents is 1. The van der Waals surface area contributed by atoms with Gasteiger partial charge in [0, 0.05) is 10.6 Å². The summed E-state index contributed by atoms with van der Waals surface area (Å²) in [5.41, 5.74) is 4.84. The van der Waals surface area contributed by atoms with E-state index in [1.165, 1.54) is 42.5 Å². The monoisotopic (exact) mass is 324 g/mol. The van der Waals surface area contributed by atoms with Gasteiger partial charge in [0.15, 0.2) is 0 Å². The second-order valence-corrected chi connectivity index (χ2v) is 4.93. The van der Waals surface area contributed by atoms with Crippen LogP contribution in [-0.2, 0) is 0 Å². The Labute approximate surface area is 130 Å². The van der Waals surface area contributed by atoms with Gasteiger partial charge in [-0.2, -0.15) is 0 Å². The molecule has 0 heterocycles. The SMILES string of the molecule is O=C(NNC(=O)c1ccc(Cl)cc1Cl)c1cccc(O)c1. The maximum atomic E-state index is 11.9. The van der Waals surface area contributed by atoms with E-state index < -0.39 is 11.8 Å². The Hall–Kier alpha value is -2.24. The van der Waals surface area contributed by atoms with Crippen LogP contribution in [0.15, 0.2) is 42.5 Å². The lowest BCUT2D eigenvalue weighted by molar-refractivity contribution is 0.0846. The van der Waals surface area contributed by atoms with Crippen LogP contribution in [-0.4, -0.2) is 16.9 Å². The summed E-state index contributed by atoms with van der Waals surface area (Å²) in [5, 5.41) is 9.86. The third kappa shape index (κ3) is 3.87. The summed E-state index contributed by atoms with van der Waals surface area (Å²) >= 11 is 11.6. The average Bonchev–Trinajstić information content (AvgIpc) is 2.44. The smallest absolute Gasteiger partial charge is 0.271 e. The summed E-state index contributed by atoms with van der Waals surface area (Å²) in [5.74, 6) is -1.19. The van der Waals surface area contributed by atoms with Crippen molar-refractivity contribution in [1.29, 1.82) is 0 Å². The standard InChI is InChI=1S/C14H10Cl2N2O3/c15-9-4-5-11(12(16)7-9)14(21)18-17-13(20)8-2-1-3-10(19)6-8/h1-7,19H,(H,17,20)(H,18,21). The fraction of sp³-hybridized carbons (Fsp3) is 0. The van der Waals surface area contributed by atoms with Crippen LogP contribution in [0.4, 0.5) is 0 Å². The van der Waals surface area contributed by atoms with Crippen molar-refractivity contribution in [1.82, 2.24) is 10.9 Å². The Morgan fingerprint density at radius 3 is 2.33 bits per heavy atom. The zero-order chi connectivity index (χ0) is 15.4.